The molecule has 0 aliphatic rings. The van der Waals surface area contributed by atoms with Crippen molar-refractivity contribution in [3.8, 4) is 0 Å². The Morgan fingerprint density at radius 3 is 2.35 bits per heavy atom. The van der Waals surface area contributed by atoms with Crippen LogP contribution >= 0.6 is 0 Å². The Morgan fingerprint density at radius 1 is 0.968 bits per heavy atom. The van der Waals surface area contributed by atoms with E-state index in [1.807, 2.05) is 30.5 Å². The second-order valence-corrected chi connectivity index (χ2v) is 9.39. The number of hydrogen-bond acceptors (Lipinski definition) is 4. The fraction of sp³-hybridized carbons (Fsp3) is 0.167. The topological polar surface area (TPSA) is 89.3 Å². The highest BCUT2D eigenvalue weighted by Crippen LogP contribution is 2.29. The van der Waals surface area contributed by atoms with Crippen LogP contribution < -0.4 is 0 Å². The van der Waals surface area contributed by atoms with Crippen molar-refractivity contribution in [2.75, 3.05) is 0 Å². The van der Waals surface area contributed by atoms with E-state index >= 15 is 0 Å². The summed E-state index contributed by atoms with van der Waals surface area (Å²) < 4.78 is 28.5. The molecule has 0 saturated carbocycles. The number of aliphatic carboxylic acids is 1. The Balaban J connectivity index is 1.88. The minimum atomic E-state index is -3.70. The summed E-state index contributed by atoms with van der Waals surface area (Å²) in [6.45, 7) is 3.99. The van der Waals surface area contributed by atoms with Gasteiger partial charge in [0, 0.05) is 16.8 Å². The van der Waals surface area contributed by atoms with E-state index in [2.05, 4.69) is 4.98 Å². The number of aryl methyl sites for hydroxylation is 1. The average Bonchev–Trinajstić information content (AvgIpc) is 2.99. The van der Waals surface area contributed by atoms with Gasteiger partial charge in [0.15, 0.2) is 0 Å². The molecule has 6 nitrogen and oxygen atoms in total. The van der Waals surface area contributed by atoms with Crippen LogP contribution in [0.25, 0.3) is 11.0 Å². The van der Waals surface area contributed by atoms with E-state index in [1.54, 1.807) is 54.6 Å². The molecule has 1 N–H and O–H groups in total. The SMILES string of the molecule is Cc1ccc2c(CC(=O)O)c(C)n(Cc3ccccc3S(=O)(=O)c3ccccc3)c2n1. The van der Waals surface area contributed by atoms with Gasteiger partial charge in [0.05, 0.1) is 22.8 Å². The predicted octanol–water partition coefficient (Wildman–Crippen LogP) is 4.16. The number of carboxylic acids is 1. The molecule has 0 aliphatic heterocycles. The maximum atomic E-state index is 13.3. The molecule has 0 amide bonds. The largest absolute Gasteiger partial charge is 0.481 e. The lowest BCUT2D eigenvalue weighted by molar-refractivity contribution is -0.136. The van der Waals surface area contributed by atoms with Crippen molar-refractivity contribution in [1.29, 1.82) is 0 Å². The molecule has 0 spiro atoms. The van der Waals surface area contributed by atoms with Gasteiger partial charge in [0.2, 0.25) is 9.84 Å². The van der Waals surface area contributed by atoms with E-state index < -0.39 is 15.8 Å². The number of benzene rings is 2. The molecule has 0 aliphatic carbocycles. The van der Waals surface area contributed by atoms with Gasteiger partial charge in [-0.2, -0.15) is 0 Å². The molecule has 4 rings (SSSR count). The van der Waals surface area contributed by atoms with Crippen LogP contribution in [0.5, 0.6) is 0 Å². The van der Waals surface area contributed by atoms with Gasteiger partial charge in [0.25, 0.3) is 0 Å². The Bertz CT molecular complexity index is 1390. The zero-order chi connectivity index (χ0) is 22.2. The summed E-state index contributed by atoms with van der Waals surface area (Å²) in [6, 6.07) is 19.0. The summed E-state index contributed by atoms with van der Waals surface area (Å²) in [5.41, 5.74) is 3.54. The van der Waals surface area contributed by atoms with E-state index in [-0.39, 0.29) is 22.8 Å². The second-order valence-electron chi connectivity index (χ2n) is 7.47. The van der Waals surface area contributed by atoms with Gasteiger partial charge in [-0.1, -0.05) is 36.4 Å². The minimum Gasteiger partial charge on any atom is -0.481 e. The predicted molar refractivity (Wildman–Crippen MR) is 118 cm³/mol. The lowest BCUT2D eigenvalue weighted by Gasteiger charge is -2.14. The van der Waals surface area contributed by atoms with Crippen LogP contribution in [-0.4, -0.2) is 29.0 Å². The standard InChI is InChI=1S/C24H22N2O4S/c1-16-12-13-20-21(14-23(27)28)17(2)26(24(20)25-16)15-18-8-6-7-11-22(18)31(29,30)19-9-4-3-5-10-19/h3-13H,14-15H2,1-2H3,(H,27,28). The van der Waals surface area contributed by atoms with Gasteiger partial charge >= 0.3 is 5.97 Å². The summed E-state index contributed by atoms with van der Waals surface area (Å²) in [6.07, 6.45) is -0.121. The molecule has 158 valence electrons. The zero-order valence-corrected chi connectivity index (χ0v) is 18.1. The third kappa shape index (κ3) is 3.84. The Hall–Kier alpha value is -3.45. The number of rotatable bonds is 6. The molecule has 2 aromatic carbocycles. The first-order valence-electron chi connectivity index (χ1n) is 9.84. The first kappa shape index (κ1) is 20.8. The monoisotopic (exact) mass is 434 g/mol. The molecule has 4 aromatic rings. The number of nitrogens with zero attached hydrogens (tertiary/aromatic N) is 2. The van der Waals surface area contributed by atoms with Crippen molar-refractivity contribution in [1.82, 2.24) is 9.55 Å². The van der Waals surface area contributed by atoms with Crippen LogP contribution in [0.2, 0.25) is 0 Å². The third-order valence-electron chi connectivity index (χ3n) is 5.41. The van der Waals surface area contributed by atoms with Gasteiger partial charge in [-0.05, 0) is 55.3 Å². The van der Waals surface area contributed by atoms with E-state index in [1.165, 1.54) is 0 Å². The fourth-order valence-electron chi connectivity index (χ4n) is 3.86. The number of pyridine rings is 1. The van der Waals surface area contributed by atoms with Gasteiger partial charge < -0.3 is 9.67 Å². The second kappa shape index (κ2) is 8.00. The third-order valence-corrected chi connectivity index (χ3v) is 7.28. The molecule has 2 aromatic heterocycles. The lowest BCUT2D eigenvalue weighted by atomic mass is 10.1. The quantitative estimate of drug-likeness (QED) is 0.492. The van der Waals surface area contributed by atoms with Crippen molar-refractivity contribution < 1.29 is 18.3 Å². The summed E-state index contributed by atoms with van der Waals surface area (Å²) in [5, 5.41) is 10.1. The number of carbonyl (C=O) groups is 1. The number of carboxylic acid groups (broad SMARTS) is 1. The number of hydrogen-bond donors (Lipinski definition) is 1. The highest BCUT2D eigenvalue weighted by molar-refractivity contribution is 7.91. The van der Waals surface area contributed by atoms with Crippen LogP contribution in [0.15, 0.2) is 76.5 Å². The van der Waals surface area contributed by atoms with Crippen molar-refractivity contribution in [2.24, 2.45) is 0 Å². The molecule has 0 atom stereocenters. The molecule has 31 heavy (non-hydrogen) atoms. The lowest BCUT2D eigenvalue weighted by Crippen LogP contribution is -2.10. The Morgan fingerprint density at radius 2 is 1.65 bits per heavy atom. The Kier molecular flexibility index (Phi) is 5.37. The first-order valence-corrected chi connectivity index (χ1v) is 11.3. The molecular formula is C24H22N2O4S. The smallest absolute Gasteiger partial charge is 0.307 e. The van der Waals surface area contributed by atoms with Crippen molar-refractivity contribution >= 4 is 26.8 Å². The van der Waals surface area contributed by atoms with Gasteiger partial charge in [0.1, 0.15) is 5.65 Å². The van der Waals surface area contributed by atoms with Crippen LogP contribution in [0, 0.1) is 13.8 Å². The molecule has 2 heterocycles. The summed E-state index contributed by atoms with van der Waals surface area (Å²) in [4.78, 5) is 16.5. The highest BCUT2D eigenvalue weighted by Gasteiger charge is 2.23. The normalized spacial score (nSPS) is 11.7. The molecule has 0 radical (unpaired) electrons. The maximum Gasteiger partial charge on any atom is 0.307 e. The van der Waals surface area contributed by atoms with E-state index in [0.717, 1.165) is 16.8 Å². The zero-order valence-electron chi connectivity index (χ0n) is 17.2. The van der Waals surface area contributed by atoms with E-state index in [4.69, 9.17) is 0 Å². The Labute approximate surface area is 180 Å². The molecule has 0 fully saturated rings. The van der Waals surface area contributed by atoms with Crippen LogP contribution in [0.4, 0.5) is 0 Å². The van der Waals surface area contributed by atoms with E-state index in [9.17, 15) is 18.3 Å². The highest BCUT2D eigenvalue weighted by atomic mass is 32.2. The first-order chi connectivity index (χ1) is 14.8. The average molecular weight is 435 g/mol. The van der Waals surface area contributed by atoms with Crippen LogP contribution in [0.1, 0.15) is 22.5 Å². The van der Waals surface area contributed by atoms with Crippen LogP contribution in [-0.2, 0) is 27.6 Å². The van der Waals surface area contributed by atoms with E-state index in [0.29, 0.717) is 16.8 Å². The maximum absolute atomic E-state index is 13.3. The van der Waals surface area contributed by atoms with Crippen LogP contribution in [0.3, 0.4) is 0 Å². The van der Waals surface area contributed by atoms with Gasteiger partial charge in [-0.3, -0.25) is 4.79 Å². The van der Waals surface area contributed by atoms with Gasteiger partial charge in [-0.15, -0.1) is 0 Å². The number of fused-ring (bicyclic) bond motifs is 1. The number of aromatic nitrogens is 2. The molecule has 0 saturated heterocycles. The van der Waals surface area contributed by atoms with Crippen molar-refractivity contribution in [3.63, 3.8) is 0 Å². The van der Waals surface area contributed by atoms with Gasteiger partial charge in [-0.25, -0.2) is 13.4 Å². The minimum absolute atomic E-state index is 0.121. The van der Waals surface area contributed by atoms with Crippen molar-refractivity contribution in [3.05, 3.63) is 89.2 Å². The summed E-state index contributed by atoms with van der Waals surface area (Å²) >= 11 is 0. The number of sulfone groups is 1. The van der Waals surface area contributed by atoms with Crippen molar-refractivity contribution in [2.45, 2.75) is 36.6 Å². The molecule has 0 unspecified atom stereocenters. The molecule has 0 bridgehead atoms. The summed E-state index contributed by atoms with van der Waals surface area (Å²) in [7, 11) is -3.70. The molecule has 7 heteroatoms. The summed E-state index contributed by atoms with van der Waals surface area (Å²) in [5.74, 6) is -0.921. The molecular weight excluding hydrogens is 412 g/mol. The fourth-order valence-corrected chi connectivity index (χ4v) is 5.37.